The molecule has 0 fully saturated rings. The highest BCUT2D eigenvalue weighted by atomic mass is 19.4. The number of hydrogen-bond donors (Lipinski definition) is 1. The van der Waals surface area contributed by atoms with Crippen molar-refractivity contribution in [1.82, 2.24) is 0 Å². The van der Waals surface area contributed by atoms with Crippen LogP contribution in [-0.4, -0.2) is 23.4 Å². The number of carboxylic acid groups (broad SMARTS) is 1. The molecule has 1 unspecified atom stereocenters. The number of hydrogen-bond acceptors (Lipinski definition) is 2. The van der Waals surface area contributed by atoms with Crippen LogP contribution in [0.2, 0.25) is 0 Å². The largest absolute Gasteiger partial charge is 0.478 e. The molecule has 6 heteroatoms. The minimum absolute atomic E-state index is 0.0438. The number of alkyl halides is 3. The summed E-state index contributed by atoms with van der Waals surface area (Å²) >= 11 is 0. The number of fused-ring (bicyclic) bond motifs is 1. The number of aliphatic carboxylic acids is 1. The van der Waals surface area contributed by atoms with Gasteiger partial charge >= 0.3 is 12.1 Å². The summed E-state index contributed by atoms with van der Waals surface area (Å²) in [5.74, 6) is -1.59. The number of ether oxygens (including phenoxy) is 1. The van der Waals surface area contributed by atoms with E-state index in [1.165, 1.54) is 6.07 Å². The highest BCUT2D eigenvalue weighted by molar-refractivity contribution is 5.95. The number of rotatable bonds is 1. The first kappa shape index (κ1) is 12.5. The van der Waals surface area contributed by atoms with Crippen molar-refractivity contribution in [3.05, 3.63) is 34.9 Å². The Morgan fingerprint density at radius 1 is 1.39 bits per heavy atom. The summed E-state index contributed by atoms with van der Waals surface area (Å²) in [4.78, 5) is 10.9. The lowest BCUT2D eigenvalue weighted by Crippen LogP contribution is -2.40. The van der Waals surface area contributed by atoms with Crippen LogP contribution in [-0.2, 0) is 4.79 Å². The fourth-order valence-corrected chi connectivity index (χ4v) is 1.78. The van der Waals surface area contributed by atoms with E-state index in [9.17, 15) is 18.0 Å². The van der Waals surface area contributed by atoms with Crippen LogP contribution in [0.25, 0.3) is 6.08 Å². The van der Waals surface area contributed by atoms with Crippen LogP contribution >= 0.6 is 0 Å². The van der Waals surface area contributed by atoms with E-state index in [0.717, 1.165) is 6.08 Å². The molecule has 0 bridgehead atoms. The molecule has 0 aromatic heterocycles. The number of aryl methyl sites for hydroxylation is 1. The summed E-state index contributed by atoms with van der Waals surface area (Å²) in [6, 6.07) is 4.61. The molecule has 1 heterocycles. The monoisotopic (exact) mass is 258 g/mol. The summed E-state index contributed by atoms with van der Waals surface area (Å²) in [6.45, 7) is 1.67. The van der Waals surface area contributed by atoms with E-state index in [1.54, 1.807) is 19.1 Å². The van der Waals surface area contributed by atoms with Crippen molar-refractivity contribution >= 4 is 12.0 Å². The van der Waals surface area contributed by atoms with Crippen LogP contribution < -0.4 is 4.74 Å². The van der Waals surface area contributed by atoms with E-state index >= 15 is 0 Å². The first-order valence-electron chi connectivity index (χ1n) is 5.08. The van der Waals surface area contributed by atoms with Gasteiger partial charge in [-0.05, 0) is 24.6 Å². The van der Waals surface area contributed by atoms with Crippen LogP contribution in [0.5, 0.6) is 5.75 Å². The van der Waals surface area contributed by atoms with Crippen LogP contribution in [0.3, 0.4) is 0 Å². The van der Waals surface area contributed by atoms with Gasteiger partial charge in [-0.3, -0.25) is 0 Å². The Bertz CT molecular complexity index is 532. The third kappa shape index (κ3) is 2.05. The topological polar surface area (TPSA) is 46.5 Å². The van der Waals surface area contributed by atoms with E-state index in [0.29, 0.717) is 11.1 Å². The summed E-state index contributed by atoms with van der Waals surface area (Å²) in [7, 11) is 0. The van der Waals surface area contributed by atoms with Gasteiger partial charge in [-0.1, -0.05) is 12.1 Å². The summed E-state index contributed by atoms with van der Waals surface area (Å²) < 4.78 is 42.9. The molecule has 0 amide bonds. The number of carbonyl (C=O) groups is 1. The molecule has 0 saturated carbocycles. The molecule has 1 aromatic rings. The average molecular weight is 258 g/mol. The first-order chi connectivity index (χ1) is 8.30. The molecular weight excluding hydrogens is 249 g/mol. The lowest BCUT2D eigenvalue weighted by Gasteiger charge is -2.27. The van der Waals surface area contributed by atoms with Crippen molar-refractivity contribution in [3.63, 3.8) is 0 Å². The smallest absolute Gasteiger partial charge is 0.430 e. The molecule has 1 aliphatic heterocycles. The van der Waals surface area contributed by atoms with E-state index in [2.05, 4.69) is 0 Å². The molecule has 1 N–H and O–H groups in total. The SMILES string of the molecule is Cc1cccc2c1C=C(C(=O)O)C(C(F)(F)F)O2. The zero-order valence-corrected chi connectivity index (χ0v) is 9.28. The van der Waals surface area contributed by atoms with Crippen molar-refractivity contribution in [1.29, 1.82) is 0 Å². The van der Waals surface area contributed by atoms with Gasteiger partial charge in [0.25, 0.3) is 0 Å². The molecule has 0 saturated heterocycles. The lowest BCUT2D eigenvalue weighted by molar-refractivity contribution is -0.187. The Balaban J connectivity index is 2.57. The van der Waals surface area contributed by atoms with Gasteiger partial charge < -0.3 is 9.84 Å². The van der Waals surface area contributed by atoms with Gasteiger partial charge in [0.2, 0.25) is 6.10 Å². The van der Waals surface area contributed by atoms with E-state index in [1.807, 2.05) is 0 Å². The molecule has 18 heavy (non-hydrogen) atoms. The minimum Gasteiger partial charge on any atom is -0.478 e. The zero-order chi connectivity index (χ0) is 13.5. The van der Waals surface area contributed by atoms with Gasteiger partial charge in [0.1, 0.15) is 5.75 Å². The number of carboxylic acids is 1. The maximum Gasteiger partial charge on any atom is 0.430 e. The zero-order valence-electron chi connectivity index (χ0n) is 9.28. The van der Waals surface area contributed by atoms with Gasteiger partial charge in [-0.2, -0.15) is 13.2 Å². The molecule has 1 aromatic carbocycles. The Morgan fingerprint density at radius 3 is 2.61 bits per heavy atom. The number of halogens is 3. The van der Waals surface area contributed by atoms with Gasteiger partial charge in [-0.25, -0.2) is 4.79 Å². The van der Waals surface area contributed by atoms with Gasteiger partial charge in [0.15, 0.2) is 0 Å². The third-order valence-corrected chi connectivity index (χ3v) is 2.66. The molecule has 0 spiro atoms. The van der Waals surface area contributed by atoms with Crippen LogP contribution in [0, 0.1) is 6.92 Å². The fourth-order valence-electron chi connectivity index (χ4n) is 1.78. The quantitative estimate of drug-likeness (QED) is 0.842. The molecule has 2 rings (SSSR count). The van der Waals surface area contributed by atoms with Crippen LogP contribution in [0.1, 0.15) is 11.1 Å². The summed E-state index contributed by atoms with van der Waals surface area (Å²) in [5, 5.41) is 8.84. The molecule has 0 radical (unpaired) electrons. The van der Waals surface area contributed by atoms with Crippen LogP contribution in [0.4, 0.5) is 13.2 Å². The average Bonchev–Trinajstić information content (AvgIpc) is 2.26. The van der Waals surface area contributed by atoms with Crippen molar-refractivity contribution in [2.45, 2.75) is 19.2 Å². The van der Waals surface area contributed by atoms with Crippen LogP contribution in [0.15, 0.2) is 23.8 Å². The van der Waals surface area contributed by atoms with Crippen molar-refractivity contribution in [2.24, 2.45) is 0 Å². The Hall–Kier alpha value is -1.98. The molecular formula is C12H9F3O3. The van der Waals surface area contributed by atoms with Gasteiger partial charge in [0.05, 0.1) is 5.57 Å². The van der Waals surface area contributed by atoms with Crippen molar-refractivity contribution in [2.75, 3.05) is 0 Å². The first-order valence-corrected chi connectivity index (χ1v) is 5.08. The Kier molecular flexibility index (Phi) is 2.80. The summed E-state index contributed by atoms with van der Waals surface area (Å²) in [6.07, 6.45) is -6.16. The normalized spacial score (nSPS) is 18.7. The third-order valence-electron chi connectivity index (χ3n) is 2.66. The standard InChI is InChI=1S/C12H9F3O3/c1-6-3-2-4-9-7(6)5-8(11(16)17)10(18-9)12(13,14)15/h2-5,10H,1H3,(H,16,17). The molecule has 1 atom stereocenters. The summed E-state index contributed by atoms with van der Waals surface area (Å²) in [5.41, 5.74) is 0.228. The second-order valence-corrected chi connectivity index (χ2v) is 3.93. The molecule has 0 aliphatic carbocycles. The van der Waals surface area contributed by atoms with E-state index in [-0.39, 0.29) is 5.75 Å². The predicted octanol–water partition coefficient (Wildman–Crippen LogP) is 2.79. The number of benzene rings is 1. The second kappa shape index (κ2) is 4.04. The predicted molar refractivity (Wildman–Crippen MR) is 57.3 cm³/mol. The lowest BCUT2D eigenvalue weighted by atomic mass is 9.98. The van der Waals surface area contributed by atoms with E-state index < -0.39 is 23.8 Å². The second-order valence-electron chi connectivity index (χ2n) is 3.93. The Labute approximate surface area is 100 Å². The molecule has 3 nitrogen and oxygen atoms in total. The maximum atomic E-state index is 12.7. The van der Waals surface area contributed by atoms with E-state index in [4.69, 9.17) is 9.84 Å². The van der Waals surface area contributed by atoms with Crippen molar-refractivity contribution < 1.29 is 27.8 Å². The van der Waals surface area contributed by atoms with Gasteiger partial charge in [0, 0.05) is 5.56 Å². The highest BCUT2D eigenvalue weighted by Gasteiger charge is 2.48. The molecule has 1 aliphatic rings. The van der Waals surface area contributed by atoms with Crippen molar-refractivity contribution in [3.8, 4) is 5.75 Å². The van der Waals surface area contributed by atoms with Gasteiger partial charge in [-0.15, -0.1) is 0 Å². The maximum absolute atomic E-state index is 12.7. The minimum atomic E-state index is -4.76. The highest BCUT2D eigenvalue weighted by Crippen LogP contribution is 2.38. The fraction of sp³-hybridized carbons (Fsp3) is 0.250. The molecule has 96 valence electrons. The Morgan fingerprint density at radius 2 is 2.06 bits per heavy atom.